The Morgan fingerprint density at radius 1 is 0.889 bits per heavy atom. The monoisotopic (exact) mass is 360 g/mol. The molecule has 3 aromatic rings. The molecule has 0 aliphatic carbocycles. The van der Waals surface area contributed by atoms with E-state index < -0.39 is 0 Å². The van der Waals surface area contributed by atoms with Gasteiger partial charge in [0.25, 0.3) is 5.91 Å². The highest BCUT2D eigenvalue weighted by atomic mass is 16.1. The molecule has 27 heavy (non-hydrogen) atoms. The molecule has 0 atom stereocenters. The minimum atomic E-state index is -0.186. The number of hydrogen-bond acceptors (Lipinski definition) is 4. The van der Waals surface area contributed by atoms with Crippen LogP contribution in [0, 0.1) is 0 Å². The lowest BCUT2D eigenvalue weighted by molar-refractivity contribution is 0.102. The number of hydrogen-bond donors (Lipinski definition) is 2. The zero-order chi connectivity index (χ0) is 19.1. The second-order valence-corrected chi connectivity index (χ2v) is 6.13. The van der Waals surface area contributed by atoms with Gasteiger partial charge in [0.1, 0.15) is 0 Å². The number of para-hydroxylation sites is 1. The predicted molar refractivity (Wildman–Crippen MR) is 112 cm³/mol. The van der Waals surface area contributed by atoms with E-state index in [9.17, 15) is 4.79 Å². The topological polar surface area (TPSA) is 57.3 Å². The summed E-state index contributed by atoms with van der Waals surface area (Å²) in [5, 5.41) is 6.17. The van der Waals surface area contributed by atoms with Gasteiger partial charge in [0.2, 0.25) is 0 Å². The van der Waals surface area contributed by atoms with Crippen molar-refractivity contribution in [3.63, 3.8) is 0 Å². The van der Waals surface area contributed by atoms with Gasteiger partial charge in [0.15, 0.2) is 0 Å². The van der Waals surface area contributed by atoms with Crippen molar-refractivity contribution in [1.82, 2.24) is 4.98 Å². The van der Waals surface area contributed by atoms with Crippen molar-refractivity contribution in [1.29, 1.82) is 0 Å². The van der Waals surface area contributed by atoms with Gasteiger partial charge in [-0.2, -0.15) is 0 Å². The summed E-state index contributed by atoms with van der Waals surface area (Å²) in [4.78, 5) is 18.9. The minimum Gasteiger partial charge on any atom is -0.372 e. The SMILES string of the molecule is CCN(CC)c1ccc(Nc2cncc(C(=O)Nc3ccccc3)c2)cc1. The third kappa shape index (κ3) is 4.85. The highest BCUT2D eigenvalue weighted by molar-refractivity contribution is 6.04. The van der Waals surface area contributed by atoms with E-state index in [1.54, 1.807) is 18.5 Å². The average molecular weight is 360 g/mol. The second-order valence-electron chi connectivity index (χ2n) is 6.13. The van der Waals surface area contributed by atoms with Crippen LogP contribution in [0.4, 0.5) is 22.7 Å². The first-order chi connectivity index (χ1) is 13.2. The molecule has 0 unspecified atom stereocenters. The quantitative estimate of drug-likeness (QED) is 0.628. The van der Waals surface area contributed by atoms with Gasteiger partial charge in [0, 0.05) is 36.3 Å². The second kappa shape index (κ2) is 8.85. The molecule has 0 bridgehead atoms. The van der Waals surface area contributed by atoms with E-state index in [1.807, 2.05) is 42.5 Å². The Balaban J connectivity index is 1.69. The molecule has 1 heterocycles. The fourth-order valence-corrected chi connectivity index (χ4v) is 2.87. The number of anilines is 4. The third-order valence-electron chi connectivity index (χ3n) is 4.32. The van der Waals surface area contributed by atoms with Crippen LogP contribution in [0.1, 0.15) is 24.2 Å². The molecule has 5 nitrogen and oxygen atoms in total. The Morgan fingerprint density at radius 3 is 2.26 bits per heavy atom. The summed E-state index contributed by atoms with van der Waals surface area (Å²) in [7, 11) is 0. The van der Waals surface area contributed by atoms with E-state index >= 15 is 0 Å². The molecular weight excluding hydrogens is 336 g/mol. The first-order valence-corrected chi connectivity index (χ1v) is 9.13. The van der Waals surface area contributed by atoms with E-state index in [-0.39, 0.29) is 5.91 Å². The molecule has 0 aliphatic rings. The predicted octanol–water partition coefficient (Wildman–Crippen LogP) is 4.92. The van der Waals surface area contributed by atoms with E-state index in [2.05, 4.69) is 46.5 Å². The molecule has 0 radical (unpaired) electrons. The van der Waals surface area contributed by atoms with Gasteiger partial charge in [-0.3, -0.25) is 9.78 Å². The van der Waals surface area contributed by atoms with E-state index in [1.165, 1.54) is 5.69 Å². The largest absolute Gasteiger partial charge is 0.372 e. The number of amides is 1. The fourth-order valence-electron chi connectivity index (χ4n) is 2.87. The maximum Gasteiger partial charge on any atom is 0.257 e. The lowest BCUT2D eigenvalue weighted by atomic mass is 10.2. The summed E-state index contributed by atoms with van der Waals surface area (Å²) >= 11 is 0. The van der Waals surface area contributed by atoms with Crippen LogP contribution in [0.3, 0.4) is 0 Å². The molecular formula is C22H24N4O. The number of benzene rings is 2. The van der Waals surface area contributed by atoms with Crippen LogP contribution < -0.4 is 15.5 Å². The van der Waals surface area contributed by atoms with E-state index in [4.69, 9.17) is 0 Å². The maximum atomic E-state index is 12.4. The molecule has 0 fully saturated rings. The van der Waals surface area contributed by atoms with Crippen LogP contribution >= 0.6 is 0 Å². The zero-order valence-electron chi connectivity index (χ0n) is 15.6. The summed E-state index contributed by atoms with van der Waals surface area (Å²) in [6, 6.07) is 19.4. The van der Waals surface area contributed by atoms with Crippen molar-refractivity contribution in [3.05, 3.63) is 78.6 Å². The van der Waals surface area contributed by atoms with Crippen LogP contribution in [0.2, 0.25) is 0 Å². The number of carbonyl (C=O) groups excluding carboxylic acids is 1. The summed E-state index contributed by atoms with van der Waals surface area (Å²) in [5.74, 6) is -0.186. The molecule has 0 spiro atoms. The van der Waals surface area contributed by atoms with Gasteiger partial charge in [-0.1, -0.05) is 18.2 Å². The van der Waals surface area contributed by atoms with Crippen molar-refractivity contribution in [2.45, 2.75) is 13.8 Å². The van der Waals surface area contributed by atoms with Gasteiger partial charge >= 0.3 is 0 Å². The highest BCUT2D eigenvalue weighted by Crippen LogP contribution is 2.21. The molecule has 5 heteroatoms. The van der Waals surface area contributed by atoms with Crippen molar-refractivity contribution in [3.8, 4) is 0 Å². The highest BCUT2D eigenvalue weighted by Gasteiger charge is 2.08. The normalized spacial score (nSPS) is 10.3. The minimum absolute atomic E-state index is 0.186. The van der Waals surface area contributed by atoms with Crippen molar-refractivity contribution in [2.75, 3.05) is 28.6 Å². The lowest BCUT2D eigenvalue weighted by Gasteiger charge is -2.21. The van der Waals surface area contributed by atoms with Crippen molar-refractivity contribution >= 4 is 28.7 Å². The third-order valence-corrected chi connectivity index (χ3v) is 4.32. The Bertz CT molecular complexity index is 874. The molecule has 3 rings (SSSR count). The summed E-state index contributed by atoms with van der Waals surface area (Å²) in [5.41, 5.74) is 4.18. The molecule has 2 N–H and O–H groups in total. The Labute approximate surface area is 160 Å². The summed E-state index contributed by atoms with van der Waals surface area (Å²) in [6.45, 7) is 6.25. The number of pyridine rings is 1. The van der Waals surface area contributed by atoms with E-state index in [0.29, 0.717) is 5.56 Å². The number of aromatic nitrogens is 1. The van der Waals surface area contributed by atoms with Gasteiger partial charge < -0.3 is 15.5 Å². The number of nitrogens with zero attached hydrogens (tertiary/aromatic N) is 2. The number of nitrogens with one attached hydrogen (secondary N) is 2. The van der Waals surface area contributed by atoms with Crippen molar-refractivity contribution < 1.29 is 4.79 Å². The molecule has 0 saturated heterocycles. The van der Waals surface area contributed by atoms with Crippen LogP contribution in [0.5, 0.6) is 0 Å². The van der Waals surface area contributed by atoms with Crippen molar-refractivity contribution in [2.24, 2.45) is 0 Å². The van der Waals surface area contributed by atoms with Crippen LogP contribution in [0.15, 0.2) is 73.1 Å². The Kier molecular flexibility index (Phi) is 6.05. The van der Waals surface area contributed by atoms with Gasteiger partial charge in [-0.15, -0.1) is 0 Å². The van der Waals surface area contributed by atoms with Crippen LogP contribution in [-0.2, 0) is 0 Å². The van der Waals surface area contributed by atoms with Crippen LogP contribution in [-0.4, -0.2) is 24.0 Å². The lowest BCUT2D eigenvalue weighted by Crippen LogP contribution is -2.21. The smallest absolute Gasteiger partial charge is 0.257 e. The van der Waals surface area contributed by atoms with Gasteiger partial charge in [0.05, 0.1) is 17.4 Å². The standard InChI is InChI=1S/C22H24N4O/c1-3-26(4-2)21-12-10-19(11-13-21)24-20-14-17(15-23-16-20)22(27)25-18-8-6-5-7-9-18/h5-16,24H,3-4H2,1-2H3,(H,25,27). The first-order valence-electron chi connectivity index (χ1n) is 9.13. The molecule has 0 saturated carbocycles. The fraction of sp³-hybridized carbons (Fsp3) is 0.182. The van der Waals surface area contributed by atoms with Gasteiger partial charge in [-0.25, -0.2) is 0 Å². The molecule has 138 valence electrons. The molecule has 0 aliphatic heterocycles. The summed E-state index contributed by atoms with van der Waals surface area (Å²) < 4.78 is 0. The summed E-state index contributed by atoms with van der Waals surface area (Å²) in [6.07, 6.45) is 3.27. The van der Waals surface area contributed by atoms with Crippen LogP contribution in [0.25, 0.3) is 0 Å². The molecule has 1 aromatic heterocycles. The zero-order valence-corrected chi connectivity index (χ0v) is 15.6. The number of rotatable bonds is 7. The maximum absolute atomic E-state index is 12.4. The Morgan fingerprint density at radius 2 is 1.59 bits per heavy atom. The number of carbonyl (C=O) groups is 1. The average Bonchev–Trinajstić information content (AvgIpc) is 2.71. The molecule has 1 amide bonds. The molecule has 2 aromatic carbocycles. The first kappa shape index (κ1) is 18.5. The van der Waals surface area contributed by atoms with Gasteiger partial charge in [-0.05, 0) is 56.3 Å². The van der Waals surface area contributed by atoms with E-state index in [0.717, 1.165) is 30.2 Å². The Hall–Kier alpha value is -3.34.